The van der Waals surface area contributed by atoms with Crippen LogP contribution in [-0.2, 0) is 11.3 Å². The van der Waals surface area contributed by atoms with Crippen LogP contribution in [0.15, 0.2) is 30.3 Å². The van der Waals surface area contributed by atoms with E-state index in [0.29, 0.717) is 26.1 Å². The van der Waals surface area contributed by atoms with Crippen LogP contribution < -0.4 is 10.6 Å². The molecule has 1 rings (SSSR count). The van der Waals surface area contributed by atoms with E-state index in [-0.39, 0.29) is 12.5 Å². The molecule has 0 fully saturated rings. The number of carbonyl (C=O) groups excluding carboxylic acids is 1. The summed E-state index contributed by atoms with van der Waals surface area (Å²) in [6, 6.07) is 9.78. The third-order valence-corrected chi connectivity index (χ3v) is 2.13. The maximum absolute atomic E-state index is 11.3. The SMILES string of the molecule is O=C(CNCCCO)NCc1ccccc1. The van der Waals surface area contributed by atoms with Crippen LogP contribution in [0, 0.1) is 0 Å². The minimum atomic E-state index is -0.0261. The van der Waals surface area contributed by atoms with Gasteiger partial charge >= 0.3 is 0 Å². The van der Waals surface area contributed by atoms with Crippen molar-refractivity contribution in [1.82, 2.24) is 10.6 Å². The lowest BCUT2D eigenvalue weighted by Gasteiger charge is -2.06. The second-order valence-corrected chi connectivity index (χ2v) is 3.52. The molecule has 1 amide bonds. The number of rotatable bonds is 7. The van der Waals surface area contributed by atoms with Gasteiger partial charge in [-0.1, -0.05) is 30.3 Å². The van der Waals surface area contributed by atoms with Crippen LogP contribution in [0.5, 0.6) is 0 Å². The molecule has 88 valence electrons. The Kier molecular flexibility index (Phi) is 6.22. The number of benzene rings is 1. The molecule has 4 heteroatoms. The molecular weight excluding hydrogens is 204 g/mol. The lowest BCUT2D eigenvalue weighted by molar-refractivity contribution is -0.120. The van der Waals surface area contributed by atoms with Gasteiger partial charge in [0.25, 0.3) is 0 Å². The van der Waals surface area contributed by atoms with Crippen LogP contribution >= 0.6 is 0 Å². The Morgan fingerprint density at radius 1 is 1.25 bits per heavy atom. The standard InChI is InChI=1S/C12H18N2O2/c15-8-4-7-13-10-12(16)14-9-11-5-2-1-3-6-11/h1-3,5-6,13,15H,4,7-10H2,(H,14,16). The zero-order chi connectivity index (χ0) is 11.6. The van der Waals surface area contributed by atoms with E-state index in [1.165, 1.54) is 0 Å². The van der Waals surface area contributed by atoms with E-state index in [4.69, 9.17) is 5.11 Å². The number of hydrogen-bond donors (Lipinski definition) is 3. The Balaban J connectivity index is 2.11. The summed E-state index contributed by atoms with van der Waals surface area (Å²) in [5.74, 6) is -0.0261. The third-order valence-electron chi connectivity index (χ3n) is 2.13. The van der Waals surface area contributed by atoms with Gasteiger partial charge in [0.2, 0.25) is 5.91 Å². The van der Waals surface area contributed by atoms with Gasteiger partial charge in [-0.2, -0.15) is 0 Å². The lowest BCUT2D eigenvalue weighted by Crippen LogP contribution is -2.34. The van der Waals surface area contributed by atoms with Crippen LogP contribution in [0.1, 0.15) is 12.0 Å². The van der Waals surface area contributed by atoms with E-state index in [1.54, 1.807) is 0 Å². The summed E-state index contributed by atoms with van der Waals surface area (Å²) in [5.41, 5.74) is 1.09. The first-order valence-corrected chi connectivity index (χ1v) is 5.45. The zero-order valence-electron chi connectivity index (χ0n) is 9.28. The van der Waals surface area contributed by atoms with E-state index >= 15 is 0 Å². The van der Waals surface area contributed by atoms with Gasteiger partial charge in [0.15, 0.2) is 0 Å². The molecular formula is C12H18N2O2. The molecule has 3 N–H and O–H groups in total. The van der Waals surface area contributed by atoms with Crippen LogP contribution in [0.25, 0.3) is 0 Å². The summed E-state index contributed by atoms with van der Waals surface area (Å²) < 4.78 is 0. The third kappa shape index (κ3) is 5.48. The van der Waals surface area contributed by atoms with Gasteiger partial charge < -0.3 is 15.7 Å². The number of amides is 1. The summed E-state index contributed by atoms with van der Waals surface area (Å²) in [7, 11) is 0. The van der Waals surface area contributed by atoms with Crippen LogP contribution in [0.4, 0.5) is 0 Å². The second kappa shape index (κ2) is 7.84. The van der Waals surface area contributed by atoms with Crippen molar-refractivity contribution >= 4 is 5.91 Å². The van der Waals surface area contributed by atoms with Crippen molar-refractivity contribution in [1.29, 1.82) is 0 Å². The van der Waals surface area contributed by atoms with Crippen molar-refractivity contribution in [3.05, 3.63) is 35.9 Å². The number of carbonyl (C=O) groups is 1. The summed E-state index contributed by atoms with van der Waals surface area (Å²) in [5, 5.41) is 14.3. The van der Waals surface area contributed by atoms with Gasteiger partial charge in [-0.3, -0.25) is 4.79 Å². The van der Waals surface area contributed by atoms with Crippen molar-refractivity contribution in [3.8, 4) is 0 Å². The second-order valence-electron chi connectivity index (χ2n) is 3.52. The molecule has 16 heavy (non-hydrogen) atoms. The molecule has 0 spiro atoms. The van der Waals surface area contributed by atoms with Crippen molar-refractivity contribution in [2.24, 2.45) is 0 Å². The largest absolute Gasteiger partial charge is 0.396 e. The van der Waals surface area contributed by atoms with Gasteiger partial charge in [-0.25, -0.2) is 0 Å². The zero-order valence-corrected chi connectivity index (χ0v) is 9.28. The quantitative estimate of drug-likeness (QED) is 0.581. The van der Waals surface area contributed by atoms with E-state index in [0.717, 1.165) is 5.56 Å². The van der Waals surface area contributed by atoms with Gasteiger partial charge in [-0.15, -0.1) is 0 Å². The van der Waals surface area contributed by atoms with Crippen molar-refractivity contribution < 1.29 is 9.90 Å². The Morgan fingerprint density at radius 2 is 2.00 bits per heavy atom. The summed E-state index contributed by atoms with van der Waals surface area (Å²) in [4.78, 5) is 11.3. The molecule has 0 unspecified atom stereocenters. The van der Waals surface area contributed by atoms with E-state index in [1.807, 2.05) is 30.3 Å². The predicted molar refractivity (Wildman–Crippen MR) is 62.9 cm³/mol. The van der Waals surface area contributed by atoms with E-state index < -0.39 is 0 Å². The smallest absolute Gasteiger partial charge is 0.234 e. The molecule has 4 nitrogen and oxygen atoms in total. The molecule has 0 saturated carbocycles. The fraction of sp³-hybridized carbons (Fsp3) is 0.417. The Bertz CT molecular complexity index is 301. The molecule has 0 aliphatic heterocycles. The predicted octanol–water partition coefficient (Wildman–Crippen LogP) is 0.275. The number of aliphatic hydroxyl groups is 1. The lowest BCUT2D eigenvalue weighted by atomic mass is 10.2. The summed E-state index contributed by atoms with van der Waals surface area (Å²) >= 11 is 0. The fourth-order valence-corrected chi connectivity index (χ4v) is 1.26. The first-order chi connectivity index (χ1) is 7.83. The topological polar surface area (TPSA) is 61.4 Å². The van der Waals surface area contributed by atoms with Gasteiger partial charge in [0, 0.05) is 13.2 Å². The highest BCUT2D eigenvalue weighted by Crippen LogP contribution is 1.96. The highest BCUT2D eigenvalue weighted by molar-refractivity contribution is 5.77. The average molecular weight is 222 g/mol. The Hall–Kier alpha value is -1.39. The molecule has 0 atom stereocenters. The molecule has 1 aromatic rings. The monoisotopic (exact) mass is 222 g/mol. The van der Waals surface area contributed by atoms with Crippen LogP contribution in [0.2, 0.25) is 0 Å². The van der Waals surface area contributed by atoms with Crippen molar-refractivity contribution in [2.75, 3.05) is 19.7 Å². The molecule has 0 bridgehead atoms. The normalized spacial score (nSPS) is 10.1. The molecule has 1 aromatic carbocycles. The highest BCUT2D eigenvalue weighted by Gasteiger charge is 1.99. The molecule has 0 saturated heterocycles. The number of aliphatic hydroxyl groups excluding tert-OH is 1. The minimum absolute atomic E-state index is 0.0261. The molecule has 0 aliphatic carbocycles. The fourth-order valence-electron chi connectivity index (χ4n) is 1.26. The first-order valence-electron chi connectivity index (χ1n) is 5.45. The Morgan fingerprint density at radius 3 is 2.69 bits per heavy atom. The maximum Gasteiger partial charge on any atom is 0.234 e. The van der Waals surface area contributed by atoms with Gasteiger partial charge in [0.05, 0.1) is 6.54 Å². The number of nitrogens with one attached hydrogen (secondary N) is 2. The maximum atomic E-state index is 11.3. The van der Waals surface area contributed by atoms with Crippen LogP contribution in [-0.4, -0.2) is 30.7 Å². The average Bonchev–Trinajstić information content (AvgIpc) is 2.33. The molecule has 0 heterocycles. The highest BCUT2D eigenvalue weighted by atomic mass is 16.3. The van der Waals surface area contributed by atoms with Crippen molar-refractivity contribution in [2.45, 2.75) is 13.0 Å². The van der Waals surface area contributed by atoms with E-state index in [9.17, 15) is 4.79 Å². The minimum Gasteiger partial charge on any atom is -0.396 e. The van der Waals surface area contributed by atoms with Gasteiger partial charge in [-0.05, 0) is 18.5 Å². The first kappa shape index (κ1) is 12.7. The molecule has 0 aromatic heterocycles. The number of hydrogen-bond acceptors (Lipinski definition) is 3. The van der Waals surface area contributed by atoms with E-state index in [2.05, 4.69) is 10.6 Å². The molecule has 0 aliphatic rings. The Labute approximate surface area is 95.7 Å². The summed E-state index contributed by atoms with van der Waals surface area (Å²) in [6.07, 6.45) is 0.673. The van der Waals surface area contributed by atoms with Crippen LogP contribution in [0.3, 0.4) is 0 Å². The molecule has 0 radical (unpaired) electrons. The van der Waals surface area contributed by atoms with Gasteiger partial charge in [0.1, 0.15) is 0 Å². The van der Waals surface area contributed by atoms with Crippen molar-refractivity contribution in [3.63, 3.8) is 0 Å². The summed E-state index contributed by atoms with van der Waals surface area (Å²) in [6.45, 7) is 1.67.